The highest BCUT2D eigenvalue weighted by Gasteiger charge is 2.17. The van der Waals surface area contributed by atoms with E-state index in [4.69, 9.17) is 4.74 Å². The van der Waals surface area contributed by atoms with E-state index in [2.05, 4.69) is 44.2 Å². The molecule has 0 amide bonds. The van der Waals surface area contributed by atoms with Gasteiger partial charge in [0.2, 0.25) is 0 Å². The first kappa shape index (κ1) is 9.46. The van der Waals surface area contributed by atoms with Gasteiger partial charge in [-0.15, -0.1) is 0 Å². The lowest BCUT2D eigenvalue weighted by Gasteiger charge is -2.22. The fourth-order valence-electron chi connectivity index (χ4n) is 2.14. The van der Waals surface area contributed by atoms with Crippen LogP contribution >= 0.6 is 0 Å². The molecular formula is C15H14O. The van der Waals surface area contributed by atoms with Crippen LogP contribution in [-0.4, -0.2) is 0 Å². The number of rotatable bonds is 0. The highest BCUT2D eigenvalue weighted by Crippen LogP contribution is 2.35. The maximum atomic E-state index is 5.89. The second-order valence-corrected chi connectivity index (χ2v) is 4.51. The third-order valence-corrected chi connectivity index (χ3v) is 2.99. The van der Waals surface area contributed by atoms with Crippen LogP contribution in [-0.2, 0) is 0 Å². The first-order chi connectivity index (χ1) is 7.72. The number of fused-ring (bicyclic) bond motifs is 2. The third kappa shape index (κ3) is 1.49. The van der Waals surface area contributed by atoms with Gasteiger partial charge in [0.1, 0.15) is 11.5 Å². The van der Waals surface area contributed by atoms with E-state index in [1.807, 2.05) is 6.07 Å². The van der Waals surface area contributed by atoms with E-state index < -0.39 is 0 Å². The highest BCUT2D eigenvalue weighted by molar-refractivity contribution is 5.70. The Kier molecular flexibility index (Phi) is 2.00. The molecule has 80 valence electrons. The summed E-state index contributed by atoms with van der Waals surface area (Å²) in [7, 11) is 0. The largest absolute Gasteiger partial charge is 0.456 e. The zero-order valence-corrected chi connectivity index (χ0v) is 9.58. The van der Waals surface area contributed by atoms with Gasteiger partial charge >= 0.3 is 0 Å². The average molecular weight is 210 g/mol. The smallest absolute Gasteiger partial charge is 0.134 e. The molecule has 0 spiro atoms. The number of aryl methyl sites for hydroxylation is 1. The summed E-state index contributed by atoms with van der Waals surface area (Å²) in [6, 6.07) is 6.29. The summed E-state index contributed by atoms with van der Waals surface area (Å²) in [6.07, 6.45) is 7.57. The maximum Gasteiger partial charge on any atom is 0.134 e. The van der Waals surface area contributed by atoms with Gasteiger partial charge in [0.25, 0.3) is 0 Å². The molecule has 3 rings (SSSR count). The van der Waals surface area contributed by atoms with Crippen molar-refractivity contribution in [2.24, 2.45) is 0 Å². The van der Waals surface area contributed by atoms with Crippen molar-refractivity contribution in [2.45, 2.75) is 20.3 Å². The van der Waals surface area contributed by atoms with Gasteiger partial charge in [0.15, 0.2) is 0 Å². The Labute approximate surface area is 95.7 Å². The fourth-order valence-corrected chi connectivity index (χ4v) is 2.14. The van der Waals surface area contributed by atoms with Crippen molar-refractivity contribution >= 4 is 6.08 Å². The van der Waals surface area contributed by atoms with Gasteiger partial charge in [-0.05, 0) is 44.6 Å². The molecule has 1 aliphatic carbocycles. The molecule has 1 heterocycles. The summed E-state index contributed by atoms with van der Waals surface area (Å²) in [6.45, 7) is 4.26. The minimum Gasteiger partial charge on any atom is -0.456 e. The monoisotopic (exact) mass is 210 g/mol. The summed E-state index contributed by atoms with van der Waals surface area (Å²) < 4.78 is 5.89. The minimum absolute atomic E-state index is 0.966. The lowest BCUT2D eigenvalue weighted by Crippen LogP contribution is -2.07. The molecule has 16 heavy (non-hydrogen) atoms. The molecule has 1 nitrogen and oxygen atoms in total. The number of hydrogen-bond donors (Lipinski definition) is 0. The Morgan fingerprint density at radius 3 is 2.88 bits per heavy atom. The van der Waals surface area contributed by atoms with Crippen molar-refractivity contribution in [1.29, 1.82) is 0 Å². The Morgan fingerprint density at radius 1 is 1.12 bits per heavy atom. The van der Waals surface area contributed by atoms with Crippen molar-refractivity contribution < 1.29 is 4.74 Å². The zero-order valence-electron chi connectivity index (χ0n) is 9.58. The van der Waals surface area contributed by atoms with Crippen LogP contribution in [0.4, 0.5) is 0 Å². The van der Waals surface area contributed by atoms with Crippen molar-refractivity contribution in [3.05, 3.63) is 58.4 Å². The predicted molar refractivity (Wildman–Crippen MR) is 66.2 cm³/mol. The van der Waals surface area contributed by atoms with Crippen LogP contribution in [0.15, 0.2) is 47.3 Å². The second kappa shape index (κ2) is 3.38. The fraction of sp³-hybridized carbons (Fsp3) is 0.200. The first-order valence-corrected chi connectivity index (χ1v) is 5.60. The van der Waals surface area contributed by atoms with E-state index in [9.17, 15) is 0 Å². The molecular weight excluding hydrogens is 196 g/mol. The van der Waals surface area contributed by atoms with Crippen molar-refractivity contribution in [3.8, 4) is 5.75 Å². The molecule has 0 N–H and O–H groups in total. The zero-order chi connectivity index (χ0) is 11.1. The molecule has 0 saturated carbocycles. The van der Waals surface area contributed by atoms with E-state index in [1.165, 1.54) is 22.3 Å². The SMILES string of the molecule is CC1=CC2=Cc3cc(C)ccc3OC2=CC1. The van der Waals surface area contributed by atoms with E-state index in [-0.39, 0.29) is 0 Å². The molecule has 0 fully saturated rings. The van der Waals surface area contributed by atoms with Crippen molar-refractivity contribution in [3.63, 3.8) is 0 Å². The van der Waals surface area contributed by atoms with Crippen LogP contribution in [0.3, 0.4) is 0 Å². The third-order valence-electron chi connectivity index (χ3n) is 2.99. The van der Waals surface area contributed by atoms with Gasteiger partial charge in [-0.3, -0.25) is 0 Å². The quantitative estimate of drug-likeness (QED) is 0.628. The van der Waals surface area contributed by atoms with Gasteiger partial charge in [-0.2, -0.15) is 0 Å². The summed E-state index contributed by atoms with van der Waals surface area (Å²) in [4.78, 5) is 0. The van der Waals surface area contributed by atoms with E-state index in [0.717, 1.165) is 17.9 Å². The molecule has 2 aliphatic rings. The minimum atomic E-state index is 0.966. The van der Waals surface area contributed by atoms with E-state index >= 15 is 0 Å². The van der Waals surface area contributed by atoms with Crippen LogP contribution in [0.25, 0.3) is 6.08 Å². The number of ether oxygens (including phenoxy) is 1. The number of allylic oxidation sites excluding steroid dienone is 3. The van der Waals surface area contributed by atoms with Crippen LogP contribution in [0.2, 0.25) is 0 Å². The summed E-state index contributed by atoms with van der Waals surface area (Å²) >= 11 is 0. The maximum absolute atomic E-state index is 5.89. The van der Waals surface area contributed by atoms with Gasteiger partial charge in [0, 0.05) is 11.1 Å². The van der Waals surface area contributed by atoms with Crippen LogP contribution in [0.5, 0.6) is 5.75 Å². The second-order valence-electron chi connectivity index (χ2n) is 4.51. The molecule has 0 bridgehead atoms. The topological polar surface area (TPSA) is 9.23 Å². The molecule has 0 atom stereocenters. The van der Waals surface area contributed by atoms with Gasteiger partial charge < -0.3 is 4.74 Å². The van der Waals surface area contributed by atoms with Gasteiger partial charge in [-0.25, -0.2) is 0 Å². The van der Waals surface area contributed by atoms with Crippen LogP contribution < -0.4 is 4.74 Å². The highest BCUT2D eigenvalue weighted by atomic mass is 16.5. The Hall–Kier alpha value is -1.76. The van der Waals surface area contributed by atoms with E-state index in [0.29, 0.717) is 0 Å². The van der Waals surface area contributed by atoms with Crippen molar-refractivity contribution in [1.82, 2.24) is 0 Å². The molecule has 0 radical (unpaired) electrons. The standard InChI is InChI=1S/C15H14O/c1-10-3-5-14-12(7-10)9-13-8-11(2)4-6-15(13)16-14/h3,5-9H,4H2,1-2H3. The van der Waals surface area contributed by atoms with Crippen LogP contribution in [0.1, 0.15) is 24.5 Å². The molecule has 0 unspecified atom stereocenters. The lowest BCUT2D eigenvalue weighted by molar-refractivity contribution is 0.430. The van der Waals surface area contributed by atoms with Gasteiger partial charge in [0.05, 0.1) is 0 Å². The normalized spacial score (nSPS) is 17.5. The summed E-state index contributed by atoms with van der Waals surface area (Å²) in [5, 5.41) is 0. The Morgan fingerprint density at radius 2 is 2.00 bits per heavy atom. The molecule has 1 aromatic rings. The summed E-state index contributed by atoms with van der Waals surface area (Å²) in [5.41, 5.74) is 5.03. The first-order valence-electron chi connectivity index (χ1n) is 5.60. The lowest BCUT2D eigenvalue weighted by atomic mass is 9.96. The molecule has 0 aromatic heterocycles. The molecule has 0 saturated heterocycles. The Balaban J connectivity index is 2.14. The summed E-state index contributed by atoms with van der Waals surface area (Å²) in [5.74, 6) is 1.97. The number of benzene rings is 1. The number of hydrogen-bond acceptors (Lipinski definition) is 1. The van der Waals surface area contributed by atoms with Crippen LogP contribution in [0, 0.1) is 6.92 Å². The predicted octanol–water partition coefficient (Wildman–Crippen LogP) is 4.00. The van der Waals surface area contributed by atoms with Crippen molar-refractivity contribution in [2.75, 3.05) is 0 Å². The van der Waals surface area contributed by atoms with Gasteiger partial charge in [-0.1, -0.05) is 23.3 Å². The molecule has 1 aliphatic heterocycles. The molecule has 1 aromatic carbocycles. The Bertz CT molecular complexity index is 545. The average Bonchev–Trinajstić information content (AvgIpc) is 2.26. The van der Waals surface area contributed by atoms with E-state index in [1.54, 1.807) is 0 Å². The molecule has 1 heteroatoms.